The summed E-state index contributed by atoms with van der Waals surface area (Å²) < 4.78 is 0. The molecule has 0 aromatic rings. The van der Waals surface area contributed by atoms with Gasteiger partial charge in [-0.25, -0.2) is 0 Å². The van der Waals surface area contributed by atoms with Crippen molar-refractivity contribution < 1.29 is 0 Å². The van der Waals surface area contributed by atoms with Crippen molar-refractivity contribution in [2.45, 2.75) is 26.8 Å². The number of hydrogen-bond acceptors (Lipinski definition) is 1. The van der Waals surface area contributed by atoms with Crippen molar-refractivity contribution >= 4 is 0 Å². The smallest absolute Gasteiger partial charge is 0.0275 e. The summed E-state index contributed by atoms with van der Waals surface area (Å²) in [4.78, 5) is 2.13. The third-order valence-electron chi connectivity index (χ3n) is 1.90. The van der Waals surface area contributed by atoms with Gasteiger partial charge in [-0.3, -0.25) is 0 Å². The molecule has 0 N–H and O–H groups in total. The average Bonchev–Trinajstić information content (AvgIpc) is 1.84. The molecule has 1 heteroatoms. The van der Waals surface area contributed by atoms with E-state index in [9.17, 15) is 0 Å². The highest BCUT2D eigenvalue weighted by atomic mass is 15.1. The molecular formula is C8H17N. The molecule has 54 valence electrons. The second-order valence-electron chi connectivity index (χ2n) is 2.83. The van der Waals surface area contributed by atoms with Crippen LogP contribution in [0.25, 0.3) is 0 Å². The molecule has 0 spiro atoms. The largest absolute Gasteiger partial charge is 0.378 e. The van der Waals surface area contributed by atoms with Crippen molar-refractivity contribution in [1.29, 1.82) is 0 Å². The molecule has 0 heterocycles. The van der Waals surface area contributed by atoms with Crippen molar-refractivity contribution in [2.75, 3.05) is 7.05 Å². The molecule has 0 aromatic heterocycles. The van der Waals surface area contributed by atoms with Crippen molar-refractivity contribution in [2.24, 2.45) is 5.92 Å². The Kier molecular flexibility index (Phi) is 3.36. The molecule has 0 rings (SSSR count). The Bertz CT molecular complexity index is 86.6. The molecule has 0 saturated heterocycles. The van der Waals surface area contributed by atoms with Crippen LogP contribution in [0.4, 0.5) is 0 Å². The van der Waals surface area contributed by atoms with E-state index in [1.807, 2.05) is 6.20 Å². The molecule has 0 aliphatic carbocycles. The van der Waals surface area contributed by atoms with Gasteiger partial charge in [-0.15, -0.1) is 0 Å². The quantitative estimate of drug-likeness (QED) is 0.561. The molecule has 1 nitrogen and oxygen atoms in total. The standard InChI is InChI=1S/C8H17N/c1-6-9(5)8(4)7(2)3/h6-8H,1H2,2-5H3. The molecule has 0 radical (unpaired) electrons. The van der Waals surface area contributed by atoms with Crippen LogP contribution in [0.1, 0.15) is 20.8 Å². The van der Waals surface area contributed by atoms with Gasteiger partial charge in [0, 0.05) is 13.1 Å². The highest BCUT2D eigenvalue weighted by Gasteiger charge is 2.07. The topological polar surface area (TPSA) is 3.24 Å². The molecule has 0 amide bonds. The molecule has 0 aliphatic heterocycles. The van der Waals surface area contributed by atoms with Gasteiger partial charge < -0.3 is 4.90 Å². The molecule has 0 saturated carbocycles. The van der Waals surface area contributed by atoms with Crippen molar-refractivity contribution in [3.63, 3.8) is 0 Å². The van der Waals surface area contributed by atoms with Crippen LogP contribution in [0.3, 0.4) is 0 Å². The predicted octanol–water partition coefficient (Wildman–Crippen LogP) is 2.11. The van der Waals surface area contributed by atoms with Crippen LogP contribution in [0.2, 0.25) is 0 Å². The van der Waals surface area contributed by atoms with Gasteiger partial charge in [0.05, 0.1) is 0 Å². The lowest BCUT2D eigenvalue weighted by Crippen LogP contribution is -2.28. The molecule has 1 atom stereocenters. The van der Waals surface area contributed by atoms with Gasteiger partial charge in [-0.1, -0.05) is 20.4 Å². The first-order chi connectivity index (χ1) is 4.09. The van der Waals surface area contributed by atoms with Gasteiger partial charge in [0.15, 0.2) is 0 Å². The molecule has 1 unspecified atom stereocenters. The normalized spacial score (nSPS) is 13.4. The minimum absolute atomic E-state index is 0.600. The average molecular weight is 127 g/mol. The first-order valence-corrected chi connectivity index (χ1v) is 3.44. The van der Waals surface area contributed by atoms with Crippen molar-refractivity contribution in [3.05, 3.63) is 12.8 Å². The Morgan fingerprint density at radius 2 is 1.78 bits per heavy atom. The minimum atomic E-state index is 0.600. The number of hydrogen-bond donors (Lipinski definition) is 0. The Hall–Kier alpha value is -0.460. The maximum absolute atomic E-state index is 3.69. The zero-order chi connectivity index (χ0) is 7.44. The molecule has 0 fully saturated rings. The van der Waals surface area contributed by atoms with E-state index in [1.165, 1.54) is 0 Å². The van der Waals surface area contributed by atoms with Crippen LogP contribution in [-0.2, 0) is 0 Å². The van der Waals surface area contributed by atoms with Gasteiger partial charge in [-0.05, 0) is 19.0 Å². The van der Waals surface area contributed by atoms with Crippen LogP contribution in [-0.4, -0.2) is 18.0 Å². The molecular weight excluding hydrogens is 110 g/mol. The fraction of sp³-hybridized carbons (Fsp3) is 0.750. The van der Waals surface area contributed by atoms with E-state index in [0.29, 0.717) is 12.0 Å². The van der Waals surface area contributed by atoms with E-state index in [0.717, 1.165) is 0 Å². The lowest BCUT2D eigenvalue weighted by molar-refractivity contribution is 0.281. The van der Waals surface area contributed by atoms with Crippen LogP contribution in [0.5, 0.6) is 0 Å². The first kappa shape index (κ1) is 8.54. The summed E-state index contributed by atoms with van der Waals surface area (Å²) in [5, 5.41) is 0. The molecule has 0 aromatic carbocycles. The third kappa shape index (κ3) is 2.54. The van der Waals surface area contributed by atoms with Crippen molar-refractivity contribution in [3.8, 4) is 0 Å². The second-order valence-corrected chi connectivity index (χ2v) is 2.83. The van der Waals surface area contributed by atoms with Gasteiger partial charge in [-0.2, -0.15) is 0 Å². The summed E-state index contributed by atoms with van der Waals surface area (Å²) in [7, 11) is 2.05. The summed E-state index contributed by atoms with van der Waals surface area (Å²) in [6.45, 7) is 10.3. The third-order valence-corrected chi connectivity index (χ3v) is 1.90. The van der Waals surface area contributed by atoms with E-state index < -0.39 is 0 Å². The monoisotopic (exact) mass is 127 g/mol. The maximum atomic E-state index is 3.69. The maximum Gasteiger partial charge on any atom is 0.0275 e. The molecule has 9 heavy (non-hydrogen) atoms. The Labute approximate surface area is 58.4 Å². The van der Waals surface area contributed by atoms with E-state index in [1.54, 1.807) is 0 Å². The van der Waals surface area contributed by atoms with Gasteiger partial charge in [0.1, 0.15) is 0 Å². The summed E-state index contributed by atoms with van der Waals surface area (Å²) in [5.74, 6) is 0.702. The van der Waals surface area contributed by atoms with Crippen LogP contribution in [0.15, 0.2) is 12.8 Å². The van der Waals surface area contributed by atoms with Gasteiger partial charge in [0.25, 0.3) is 0 Å². The minimum Gasteiger partial charge on any atom is -0.378 e. The lowest BCUT2D eigenvalue weighted by Gasteiger charge is -2.25. The van der Waals surface area contributed by atoms with E-state index in [2.05, 4.69) is 39.3 Å². The number of rotatable bonds is 3. The van der Waals surface area contributed by atoms with Gasteiger partial charge >= 0.3 is 0 Å². The first-order valence-electron chi connectivity index (χ1n) is 3.44. The summed E-state index contributed by atoms with van der Waals surface area (Å²) >= 11 is 0. The summed E-state index contributed by atoms with van der Waals surface area (Å²) in [5.41, 5.74) is 0. The highest BCUT2D eigenvalue weighted by molar-refractivity contribution is 4.74. The lowest BCUT2D eigenvalue weighted by atomic mass is 10.1. The predicted molar refractivity (Wildman–Crippen MR) is 42.3 cm³/mol. The fourth-order valence-electron chi connectivity index (χ4n) is 0.637. The Morgan fingerprint density at radius 1 is 1.33 bits per heavy atom. The van der Waals surface area contributed by atoms with Crippen LogP contribution in [0, 0.1) is 5.92 Å². The molecule has 0 bridgehead atoms. The Morgan fingerprint density at radius 3 is 1.89 bits per heavy atom. The fourth-order valence-corrected chi connectivity index (χ4v) is 0.637. The molecule has 0 aliphatic rings. The second kappa shape index (κ2) is 3.54. The zero-order valence-electron chi connectivity index (χ0n) is 6.89. The summed E-state index contributed by atoms with van der Waals surface area (Å²) in [6, 6.07) is 0.600. The summed E-state index contributed by atoms with van der Waals surface area (Å²) in [6.07, 6.45) is 1.87. The van der Waals surface area contributed by atoms with Crippen molar-refractivity contribution in [1.82, 2.24) is 4.90 Å². The van der Waals surface area contributed by atoms with E-state index >= 15 is 0 Å². The van der Waals surface area contributed by atoms with E-state index in [-0.39, 0.29) is 0 Å². The van der Waals surface area contributed by atoms with E-state index in [4.69, 9.17) is 0 Å². The highest BCUT2D eigenvalue weighted by Crippen LogP contribution is 2.06. The van der Waals surface area contributed by atoms with Crippen LogP contribution >= 0.6 is 0 Å². The SMILES string of the molecule is C=CN(C)C(C)C(C)C. The zero-order valence-corrected chi connectivity index (χ0v) is 6.89. The van der Waals surface area contributed by atoms with Gasteiger partial charge in [0.2, 0.25) is 0 Å². The Balaban J connectivity index is 3.71. The number of nitrogens with zero attached hydrogens (tertiary/aromatic N) is 1. The van der Waals surface area contributed by atoms with Crippen LogP contribution < -0.4 is 0 Å².